The molecular formula is C19H22N2O6S. The Bertz CT molecular complexity index is 943. The number of benzene rings is 2. The molecule has 0 unspecified atom stereocenters. The lowest BCUT2D eigenvalue weighted by molar-refractivity contribution is -0.142. The molecule has 0 aliphatic heterocycles. The topological polar surface area (TPSA) is 111 Å². The van der Waals surface area contributed by atoms with Crippen molar-refractivity contribution in [1.29, 1.82) is 0 Å². The summed E-state index contributed by atoms with van der Waals surface area (Å²) in [5.74, 6) is -0.530. The molecule has 2 aromatic rings. The van der Waals surface area contributed by atoms with E-state index in [1.807, 2.05) is 0 Å². The minimum Gasteiger partial charge on any atom is -0.495 e. The smallest absolute Gasteiger partial charge is 0.307 e. The third kappa shape index (κ3) is 5.71. The third-order valence-corrected chi connectivity index (χ3v) is 5.04. The molecule has 1 amide bonds. The van der Waals surface area contributed by atoms with Crippen LogP contribution in [0.4, 0.5) is 5.69 Å². The molecule has 0 aliphatic carbocycles. The Morgan fingerprint density at radius 2 is 1.82 bits per heavy atom. The highest BCUT2D eigenvalue weighted by atomic mass is 32.2. The van der Waals surface area contributed by atoms with E-state index in [0.29, 0.717) is 5.75 Å². The molecule has 8 nitrogen and oxygen atoms in total. The molecule has 150 valence electrons. The van der Waals surface area contributed by atoms with Gasteiger partial charge in [0, 0.05) is 12.1 Å². The van der Waals surface area contributed by atoms with E-state index in [-0.39, 0.29) is 35.7 Å². The van der Waals surface area contributed by atoms with E-state index < -0.39 is 21.9 Å². The molecule has 0 saturated heterocycles. The Kier molecular flexibility index (Phi) is 7.39. The van der Waals surface area contributed by atoms with Crippen LogP contribution in [0.2, 0.25) is 0 Å². The molecule has 2 aromatic carbocycles. The van der Waals surface area contributed by atoms with Gasteiger partial charge in [-0.1, -0.05) is 18.2 Å². The molecule has 0 atom stereocenters. The Morgan fingerprint density at radius 3 is 2.54 bits per heavy atom. The van der Waals surface area contributed by atoms with Crippen molar-refractivity contribution in [2.24, 2.45) is 0 Å². The van der Waals surface area contributed by atoms with Crippen LogP contribution < -0.4 is 14.8 Å². The van der Waals surface area contributed by atoms with E-state index in [1.54, 1.807) is 31.2 Å². The number of hydrogen-bond acceptors (Lipinski definition) is 6. The molecule has 0 aliphatic rings. The highest BCUT2D eigenvalue weighted by Crippen LogP contribution is 2.26. The quantitative estimate of drug-likeness (QED) is 0.618. The van der Waals surface area contributed by atoms with Crippen molar-refractivity contribution in [3.05, 3.63) is 54.1 Å². The standard InChI is InChI=1S/C19H22N2O6S/c1-3-27-18(22)11-12-20-19(23)14-7-6-8-15(13-14)28(24,25)21-16-9-4-5-10-17(16)26-2/h4-10,13,21H,3,11-12H2,1-2H3,(H,20,23). The van der Waals surface area contributed by atoms with Crippen molar-refractivity contribution in [2.75, 3.05) is 25.0 Å². The van der Waals surface area contributed by atoms with Gasteiger partial charge in [0.25, 0.3) is 15.9 Å². The first-order valence-electron chi connectivity index (χ1n) is 8.57. The van der Waals surface area contributed by atoms with Crippen LogP contribution in [0.5, 0.6) is 5.75 Å². The number of sulfonamides is 1. The molecular weight excluding hydrogens is 384 g/mol. The first-order valence-corrected chi connectivity index (χ1v) is 10.1. The molecule has 0 radical (unpaired) electrons. The molecule has 0 spiro atoms. The van der Waals surface area contributed by atoms with Crippen LogP contribution in [-0.4, -0.2) is 40.6 Å². The largest absolute Gasteiger partial charge is 0.495 e. The van der Waals surface area contributed by atoms with Gasteiger partial charge < -0.3 is 14.8 Å². The van der Waals surface area contributed by atoms with Crippen LogP contribution in [-0.2, 0) is 19.6 Å². The number of methoxy groups -OCH3 is 1. The molecule has 28 heavy (non-hydrogen) atoms. The van der Waals surface area contributed by atoms with Gasteiger partial charge in [0.15, 0.2) is 0 Å². The molecule has 2 rings (SSSR count). The first-order chi connectivity index (χ1) is 13.4. The van der Waals surface area contributed by atoms with E-state index in [9.17, 15) is 18.0 Å². The van der Waals surface area contributed by atoms with Gasteiger partial charge in [0.05, 0.1) is 30.7 Å². The summed E-state index contributed by atoms with van der Waals surface area (Å²) in [5, 5.41) is 2.56. The zero-order valence-corrected chi connectivity index (χ0v) is 16.4. The molecule has 2 N–H and O–H groups in total. The van der Waals surface area contributed by atoms with Crippen molar-refractivity contribution in [3.63, 3.8) is 0 Å². The Balaban J connectivity index is 2.10. The summed E-state index contributed by atoms with van der Waals surface area (Å²) in [6, 6.07) is 12.2. The van der Waals surface area contributed by atoms with Crippen molar-refractivity contribution in [3.8, 4) is 5.75 Å². The average Bonchev–Trinajstić information content (AvgIpc) is 2.68. The molecule has 0 bridgehead atoms. The predicted octanol–water partition coefficient (Wildman–Crippen LogP) is 2.18. The van der Waals surface area contributed by atoms with Crippen molar-refractivity contribution in [1.82, 2.24) is 5.32 Å². The van der Waals surface area contributed by atoms with Crippen LogP contribution in [0.25, 0.3) is 0 Å². The van der Waals surface area contributed by atoms with Gasteiger partial charge in [0.1, 0.15) is 5.75 Å². The predicted molar refractivity (Wildman–Crippen MR) is 104 cm³/mol. The summed E-state index contributed by atoms with van der Waals surface area (Å²) in [4.78, 5) is 23.5. The van der Waals surface area contributed by atoms with Crippen LogP contribution in [0.1, 0.15) is 23.7 Å². The van der Waals surface area contributed by atoms with Gasteiger partial charge >= 0.3 is 5.97 Å². The average molecular weight is 406 g/mol. The highest BCUT2D eigenvalue weighted by molar-refractivity contribution is 7.92. The number of hydrogen-bond donors (Lipinski definition) is 2. The van der Waals surface area contributed by atoms with Gasteiger partial charge in [-0.3, -0.25) is 14.3 Å². The maximum atomic E-state index is 12.7. The number of carbonyl (C=O) groups is 2. The second kappa shape index (κ2) is 9.75. The third-order valence-electron chi connectivity index (χ3n) is 3.68. The van der Waals surface area contributed by atoms with Gasteiger partial charge in [0.2, 0.25) is 0 Å². The number of ether oxygens (including phenoxy) is 2. The maximum absolute atomic E-state index is 12.7. The fraction of sp³-hybridized carbons (Fsp3) is 0.263. The zero-order chi connectivity index (χ0) is 20.6. The Hall–Kier alpha value is -3.07. The summed E-state index contributed by atoms with van der Waals surface area (Å²) >= 11 is 0. The van der Waals surface area contributed by atoms with Gasteiger partial charge in [-0.25, -0.2) is 8.42 Å². The van der Waals surface area contributed by atoms with E-state index in [1.165, 1.54) is 31.4 Å². The summed E-state index contributed by atoms with van der Waals surface area (Å²) in [6.45, 7) is 2.06. The monoisotopic (exact) mass is 406 g/mol. The number of esters is 1. The normalized spacial score (nSPS) is 10.8. The van der Waals surface area contributed by atoms with Crippen LogP contribution in [0.15, 0.2) is 53.4 Å². The molecule has 0 aromatic heterocycles. The van der Waals surface area contributed by atoms with E-state index in [2.05, 4.69) is 10.0 Å². The number of amides is 1. The number of anilines is 1. The number of carbonyl (C=O) groups excluding carboxylic acids is 2. The fourth-order valence-corrected chi connectivity index (χ4v) is 3.47. The maximum Gasteiger partial charge on any atom is 0.307 e. The molecule has 0 heterocycles. The summed E-state index contributed by atoms with van der Waals surface area (Å²) < 4.78 is 37.7. The summed E-state index contributed by atoms with van der Waals surface area (Å²) in [5.41, 5.74) is 0.445. The van der Waals surface area contributed by atoms with Crippen LogP contribution >= 0.6 is 0 Å². The minimum atomic E-state index is -3.93. The Labute approximate surface area is 163 Å². The highest BCUT2D eigenvalue weighted by Gasteiger charge is 2.18. The van der Waals surface area contributed by atoms with Crippen molar-refractivity contribution in [2.45, 2.75) is 18.2 Å². The van der Waals surface area contributed by atoms with Crippen molar-refractivity contribution >= 4 is 27.6 Å². The number of nitrogens with one attached hydrogen (secondary N) is 2. The summed E-state index contributed by atoms with van der Waals surface area (Å²) in [7, 11) is -2.49. The zero-order valence-electron chi connectivity index (χ0n) is 15.6. The lowest BCUT2D eigenvalue weighted by atomic mass is 10.2. The summed E-state index contributed by atoms with van der Waals surface area (Å²) in [6.07, 6.45) is 0.0346. The van der Waals surface area contributed by atoms with Gasteiger partial charge in [-0.05, 0) is 37.3 Å². The lowest BCUT2D eigenvalue weighted by Crippen LogP contribution is -2.26. The van der Waals surface area contributed by atoms with E-state index in [0.717, 1.165) is 0 Å². The Morgan fingerprint density at radius 1 is 1.07 bits per heavy atom. The SMILES string of the molecule is CCOC(=O)CCNC(=O)c1cccc(S(=O)(=O)Nc2ccccc2OC)c1. The number of para-hydroxylation sites is 2. The second-order valence-electron chi connectivity index (χ2n) is 5.64. The molecule has 0 fully saturated rings. The van der Waals surface area contributed by atoms with Crippen molar-refractivity contribution < 1.29 is 27.5 Å². The van der Waals surface area contributed by atoms with Crippen LogP contribution in [0.3, 0.4) is 0 Å². The van der Waals surface area contributed by atoms with E-state index in [4.69, 9.17) is 9.47 Å². The van der Waals surface area contributed by atoms with E-state index >= 15 is 0 Å². The first kappa shape index (κ1) is 21.2. The second-order valence-corrected chi connectivity index (χ2v) is 7.33. The van der Waals surface area contributed by atoms with Gasteiger partial charge in [-0.2, -0.15) is 0 Å². The van der Waals surface area contributed by atoms with Gasteiger partial charge in [-0.15, -0.1) is 0 Å². The minimum absolute atomic E-state index is 0.0346. The lowest BCUT2D eigenvalue weighted by Gasteiger charge is -2.12. The van der Waals surface area contributed by atoms with Crippen LogP contribution in [0, 0.1) is 0 Å². The molecule has 9 heteroatoms. The number of rotatable bonds is 9. The fourth-order valence-electron chi connectivity index (χ4n) is 2.35. The molecule has 0 saturated carbocycles.